The molecule has 2 aromatic carbocycles. The molecule has 2 rings (SSSR count). The van der Waals surface area contributed by atoms with Crippen LogP contribution in [-0.2, 0) is 22.6 Å². The molecule has 0 saturated heterocycles. The molecule has 2 unspecified atom stereocenters. The fraction of sp³-hybridized carbons (Fsp3) is 0.364. The van der Waals surface area contributed by atoms with Crippen molar-refractivity contribution in [3.05, 3.63) is 73.8 Å². The van der Waals surface area contributed by atoms with Crippen LogP contribution in [0.5, 0.6) is 0 Å². The third-order valence-electron chi connectivity index (χ3n) is 5.09. The molecule has 0 aromatic heterocycles. The molecule has 166 valence electrons. The predicted molar refractivity (Wildman–Crippen MR) is 121 cm³/mol. The van der Waals surface area contributed by atoms with Crippen LogP contribution < -0.4 is 5.32 Å². The lowest BCUT2D eigenvalue weighted by atomic mass is 10.1. The van der Waals surface area contributed by atoms with Gasteiger partial charge < -0.3 is 10.2 Å². The van der Waals surface area contributed by atoms with Gasteiger partial charge in [0.1, 0.15) is 6.04 Å². The molecule has 9 heteroatoms. The lowest BCUT2D eigenvalue weighted by molar-refractivity contribution is -0.385. The molecule has 0 heterocycles. The molecule has 0 saturated carbocycles. The second-order valence-electron chi connectivity index (χ2n) is 7.28. The minimum absolute atomic E-state index is 0.00688. The van der Waals surface area contributed by atoms with Crippen molar-refractivity contribution in [3.63, 3.8) is 0 Å². The van der Waals surface area contributed by atoms with Gasteiger partial charge in [0, 0.05) is 39.8 Å². The Bertz CT molecular complexity index is 947. The van der Waals surface area contributed by atoms with Crippen molar-refractivity contribution >= 4 is 40.7 Å². The third kappa shape index (κ3) is 6.42. The van der Waals surface area contributed by atoms with Crippen molar-refractivity contribution in [3.8, 4) is 0 Å². The molecule has 2 atom stereocenters. The van der Waals surface area contributed by atoms with E-state index in [1.807, 2.05) is 13.8 Å². The van der Waals surface area contributed by atoms with Gasteiger partial charge in [-0.1, -0.05) is 54.4 Å². The third-order valence-corrected chi connectivity index (χ3v) is 5.80. The van der Waals surface area contributed by atoms with E-state index < -0.39 is 16.9 Å². The highest BCUT2D eigenvalue weighted by molar-refractivity contribution is 6.36. The summed E-state index contributed by atoms with van der Waals surface area (Å²) in [7, 11) is 0. The zero-order valence-corrected chi connectivity index (χ0v) is 19.1. The van der Waals surface area contributed by atoms with Gasteiger partial charge in [-0.25, -0.2) is 0 Å². The number of hydrogen-bond donors (Lipinski definition) is 1. The smallest absolute Gasteiger partial charge is 0.273 e. The number of para-hydroxylation sites is 1. The number of benzene rings is 2. The van der Waals surface area contributed by atoms with Crippen LogP contribution in [-0.4, -0.2) is 33.7 Å². The van der Waals surface area contributed by atoms with Gasteiger partial charge in [-0.3, -0.25) is 19.7 Å². The highest BCUT2D eigenvalue weighted by atomic mass is 35.5. The normalized spacial score (nSPS) is 12.7. The highest BCUT2D eigenvalue weighted by Crippen LogP contribution is 2.27. The number of carbonyl (C=O) groups excluding carboxylic acids is 2. The molecule has 2 aromatic rings. The van der Waals surface area contributed by atoms with Gasteiger partial charge in [-0.2, -0.15) is 0 Å². The first-order chi connectivity index (χ1) is 14.6. The Hall–Kier alpha value is -2.64. The van der Waals surface area contributed by atoms with Crippen LogP contribution in [0, 0.1) is 10.1 Å². The van der Waals surface area contributed by atoms with Crippen molar-refractivity contribution < 1.29 is 14.5 Å². The number of nitrogens with one attached hydrogen (secondary N) is 1. The van der Waals surface area contributed by atoms with Crippen LogP contribution in [0.3, 0.4) is 0 Å². The molecule has 31 heavy (non-hydrogen) atoms. The second kappa shape index (κ2) is 11.1. The first-order valence-electron chi connectivity index (χ1n) is 9.90. The Morgan fingerprint density at radius 1 is 1.10 bits per heavy atom. The molecular formula is C22H25Cl2N3O4. The summed E-state index contributed by atoms with van der Waals surface area (Å²) in [6.07, 6.45) is 0.499. The van der Waals surface area contributed by atoms with Crippen molar-refractivity contribution in [1.82, 2.24) is 10.2 Å². The van der Waals surface area contributed by atoms with E-state index in [9.17, 15) is 19.7 Å². The minimum atomic E-state index is -0.836. The average molecular weight is 466 g/mol. The summed E-state index contributed by atoms with van der Waals surface area (Å²) < 4.78 is 0. The van der Waals surface area contributed by atoms with E-state index in [4.69, 9.17) is 23.2 Å². The van der Waals surface area contributed by atoms with Crippen LogP contribution in [0.15, 0.2) is 42.5 Å². The van der Waals surface area contributed by atoms with Crippen LogP contribution >= 0.6 is 23.2 Å². The molecule has 0 aliphatic rings. The summed E-state index contributed by atoms with van der Waals surface area (Å²) >= 11 is 12.6. The lowest BCUT2D eigenvalue weighted by Gasteiger charge is -2.30. The first kappa shape index (κ1) is 24.6. The van der Waals surface area contributed by atoms with Gasteiger partial charge >= 0.3 is 0 Å². The van der Waals surface area contributed by atoms with E-state index in [1.165, 1.54) is 23.1 Å². The second-order valence-corrected chi connectivity index (χ2v) is 8.09. The monoisotopic (exact) mass is 465 g/mol. The van der Waals surface area contributed by atoms with Crippen LogP contribution in [0.2, 0.25) is 10.0 Å². The maximum Gasteiger partial charge on any atom is 0.273 e. The molecule has 0 bridgehead atoms. The van der Waals surface area contributed by atoms with E-state index in [0.29, 0.717) is 15.6 Å². The first-order valence-corrected chi connectivity index (χ1v) is 10.7. The Morgan fingerprint density at radius 2 is 1.71 bits per heavy atom. The fourth-order valence-corrected chi connectivity index (χ4v) is 3.52. The number of amides is 2. The number of hydrogen-bond acceptors (Lipinski definition) is 4. The number of nitro benzene ring substituents is 1. The number of carbonyl (C=O) groups is 2. The van der Waals surface area contributed by atoms with Gasteiger partial charge in [0.05, 0.1) is 11.3 Å². The maximum absolute atomic E-state index is 13.3. The summed E-state index contributed by atoms with van der Waals surface area (Å²) in [5.74, 6) is -0.773. The van der Waals surface area contributed by atoms with E-state index in [0.717, 1.165) is 6.42 Å². The Balaban J connectivity index is 2.38. The Labute approximate surface area is 191 Å². The minimum Gasteiger partial charge on any atom is -0.352 e. The van der Waals surface area contributed by atoms with Gasteiger partial charge in [-0.05, 0) is 32.4 Å². The quantitative estimate of drug-likeness (QED) is 0.426. The number of rotatable bonds is 9. The van der Waals surface area contributed by atoms with Crippen LogP contribution in [0.4, 0.5) is 5.69 Å². The summed E-state index contributed by atoms with van der Waals surface area (Å²) in [5.41, 5.74) is 0.621. The van der Waals surface area contributed by atoms with E-state index >= 15 is 0 Å². The van der Waals surface area contributed by atoms with Gasteiger partial charge in [0.15, 0.2) is 0 Å². The maximum atomic E-state index is 13.3. The molecule has 2 amide bonds. The lowest BCUT2D eigenvalue weighted by Crippen LogP contribution is -2.50. The van der Waals surface area contributed by atoms with E-state index in [1.54, 1.807) is 31.2 Å². The standard InChI is InChI=1S/C22H25Cl2N3O4/c1-4-14(2)25-22(29)15(3)26(13-17-18(23)9-7-10-19(17)24)21(28)12-16-8-5-6-11-20(16)27(30)31/h5-11,14-15H,4,12-13H2,1-3H3,(H,25,29). The number of nitrogens with zero attached hydrogens (tertiary/aromatic N) is 2. The largest absolute Gasteiger partial charge is 0.352 e. The Kier molecular flexibility index (Phi) is 8.83. The molecular weight excluding hydrogens is 441 g/mol. The molecule has 0 radical (unpaired) electrons. The molecule has 7 nitrogen and oxygen atoms in total. The average Bonchev–Trinajstić information content (AvgIpc) is 2.73. The molecule has 0 fully saturated rings. The fourth-order valence-electron chi connectivity index (χ4n) is 3.00. The zero-order chi connectivity index (χ0) is 23.1. The van der Waals surface area contributed by atoms with Crippen molar-refractivity contribution in [1.29, 1.82) is 0 Å². The summed E-state index contributed by atoms with van der Waals surface area (Å²) in [4.78, 5) is 38.2. The van der Waals surface area contributed by atoms with Crippen LogP contribution in [0.25, 0.3) is 0 Å². The van der Waals surface area contributed by atoms with Crippen molar-refractivity contribution in [2.75, 3.05) is 0 Å². The van der Waals surface area contributed by atoms with Gasteiger partial charge in [0.25, 0.3) is 5.69 Å². The predicted octanol–water partition coefficient (Wildman–Crippen LogP) is 4.78. The summed E-state index contributed by atoms with van der Waals surface area (Å²) in [6.45, 7) is 5.42. The van der Waals surface area contributed by atoms with E-state index in [2.05, 4.69) is 5.32 Å². The van der Waals surface area contributed by atoms with Crippen LogP contribution in [0.1, 0.15) is 38.3 Å². The Morgan fingerprint density at radius 3 is 2.29 bits per heavy atom. The summed E-state index contributed by atoms with van der Waals surface area (Å²) in [5, 5.41) is 14.9. The molecule has 0 aliphatic heterocycles. The molecule has 1 N–H and O–H groups in total. The topological polar surface area (TPSA) is 92.6 Å². The zero-order valence-electron chi connectivity index (χ0n) is 17.6. The summed E-state index contributed by atoms with van der Waals surface area (Å²) in [6, 6.07) is 10.1. The van der Waals surface area contributed by atoms with Gasteiger partial charge in [-0.15, -0.1) is 0 Å². The highest BCUT2D eigenvalue weighted by Gasteiger charge is 2.29. The van der Waals surface area contributed by atoms with E-state index in [-0.39, 0.29) is 36.2 Å². The van der Waals surface area contributed by atoms with Gasteiger partial charge in [0.2, 0.25) is 11.8 Å². The van der Waals surface area contributed by atoms with Crippen molar-refractivity contribution in [2.45, 2.75) is 52.2 Å². The number of halogens is 2. The SMILES string of the molecule is CCC(C)NC(=O)C(C)N(Cc1c(Cl)cccc1Cl)C(=O)Cc1ccccc1[N+](=O)[O-]. The molecule has 0 spiro atoms. The van der Waals surface area contributed by atoms with Crippen molar-refractivity contribution in [2.24, 2.45) is 0 Å². The molecule has 0 aliphatic carbocycles. The number of nitro groups is 1.